The second-order valence-electron chi connectivity index (χ2n) is 5.09. The Kier molecular flexibility index (Phi) is 4.99. The van der Waals surface area contributed by atoms with Crippen molar-refractivity contribution in [3.05, 3.63) is 65.2 Å². The molecule has 0 saturated heterocycles. The first-order valence-corrected chi connectivity index (χ1v) is 7.11. The van der Waals surface area contributed by atoms with Crippen molar-refractivity contribution in [1.29, 1.82) is 0 Å². The third-order valence-electron chi connectivity index (χ3n) is 3.39. The summed E-state index contributed by atoms with van der Waals surface area (Å²) in [6, 6.07) is 15.3. The van der Waals surface area contributed by atoms with Crippen LogP contribution in [0.3, 0.4) is 0 Å². The number of rotatable bonds is 6. The standard InChI is InChI=1S/C18H20O3/c1-3-21-16-9-5-7-14(11-16)12-17(18(19)20)15-8-4-6-13(2)10-15/h4-11,17H,3,12H2,1-2H3,(H,19,20). The van der Waals surface area contributed by atoms with Gasteiger partial charge in [-0.25, -0.2) is 0 Å². The third-order valence-corrected chi connectivity index (χ3v) is 3.39. The first-order valence-electron chi connectivity index (χ1n) is 7.11. The summed E-state index contributed by atoms with van der Waals surface area (Å²) in [7, 11) is 0. The zero-order valence-corrected chi connectivity index (χ0v) is 12.4. The van der Waals surface area contributed by atoms with Gasteiger partial charge in [-0.15, -0.1) is 0 Å². The zero-order valence-electron chi connectivity index (χ0n) is 12.4. The highest BCUT2D eigenvalue weighted by molar-refractivity contribution is 5.76. The van der Waals surface area contributed by atoms with Crippen LogP contribution < -0.4 is 4.74 Å². The number of carboxylic acids is 1. The SMILES string of the molecule is CCOc1cccc(CC(C(=O)O)c2cccc(C)c2)c1. The van der Waals surface area contributed by atoms with Crippen molar-refractivity contribution in [3.8, 4) is 5.75 Å². The van der Waals surface area contributed by atoms with Gasteiger partial charge in [-0.1, -0.05) is 42.0 Å². The lowest BCUT2D eigenvalue weighted by molar-refractivity contribution is -0.138. The molecule has 2 rings (SSSR count). The number of hydrogen-bond donors (Lipinski definition) is 1. The fraction of sp³-hybridized carbons (Fsp3) is 0.278. The minimum absolute atomic E-state index is 0.458. The number of aliphatic carboxylic acids is 1. The highest BCUT2D eigenvalue weighted by atomic mass is 16.5. The van der Waals surface area contributed by atoms with E-state index in [1.54, 1.807) is 0 Å². The van der Waals surface area contributed by atoms with Crippen molar-refractivity contribution in [2.45, 2.75) is 26.2 Å². The first kappa shape index (κ1) is 15.1. The molecular weight excluding hydrogens is 264 g/mol. The summed E-state index contributed by atoms with van der Waals surface area (Å²) in [5.41, 5.74) is 2.88. The molecule has 3 heteroatoms. The quantitative estimate of drug-likeness (QED) is 0.877. The number of carboxylic acid groups (broad SMARTS) is 1. The maximum Gasteiger partial charge on any atom is 0.311 e. The normalized spacial score (nSPS) is 11.9. The number of hydrogen-bond acceptors (Lipinski definition) is 2. The second-order valence-corrected chi connectivity index (χ2v) is 5.09. The fourth-order valence-corrected chi connectivity index (χ4v) is 2.40. The van der Waals surface area contributed by atoms with E-state index in [4.69, 9.17) is 4.74 Å². The third kappa shape index (κ3) is 4.09. The molecule has 0 heterocycles. The minimum Gasteiger partial charge on any atom is -0.494 e. The monoisotopic (exact) mass is 284 g/mol. The molecule has 0 spiro atoms. The van der Waals surface area contributed by atoms with E-state index in [1.165, 1.54) is 0 Å². The Bertz CT molecular complexity index is 619. The summed E-state index contributed by atoms with van der Waals surface area (Å²) in [4.78, 5) is 11.6. The van der Waals surface area contributed by atoms with Crippen molar-refractivity contribution < 1.29 is 14.6 Å². The summed E-state index contributed by atoms with van der Waals surface area (Å²) < 4.78 is 5.47. The largest absolute Gasteiger partial charge is 0.494 e. The lowest BCUT2D eigenvalue weighted by Crippen LogP contribution is -2.14. The number of ether oxygens (including phenoxy) is 1. The predicted octanol–water partition coefficient (Wildman–Crippen LogP) is 3.80. The molecule has 0 aromatic heterocycles. The topological polar surface area (TPSA) is 46.5 Å². The van der Waals surface area contributed by atoms with Gasteiger partial charge < -0.3 is 9.84 Å². The molecule has 21 heavy (non-hydrogen) atoms. The van der Waals surface area contributed by atoms with Crippen LogP contribution in [-0.2, 0) is 11.2 Å². The molecule has 2 aromatic carbocycles. The fourth-order valence-electron chi connectivity index (χ4n) is 2.40. The molecule has 0 aliphatic heterocycles. The Balaban J connectivity index is 2.24. The van der Waals surface area contributed by atoms with Gasteiger partial charge in [0.05, 0.1) is 12.5 Å². The molecule has 0 fully saturated rings. The molecule has 0 aliphatic carbocycles. The molecule has 0 radical (unpaired) electrons. The number of benzene rings is 2. The van der Waals surface area contributed by atoms with Crippen molar-refractivity contribution in [2.75, 3.05) is 6.61 Å². The Hall–Kier alpha value is -2.29. The highest BCUT2D eigenvalue weighted by Crippen LogP contribution is 2.24. The highest BCUT2D eigenvalue weighted by Gasteiger charge is 2.20. The molecule has 1 N–H and O–H groups in total. The van der Waals surface area contributed by atoms with Crippen LogP contribution in [0.1, 0.15) is 29.5 Å². The molecule has 110 valence electrons. The van der Waals surface area contributed by atoms with Gasteiger partial charge in [0.25, 0.3) is 0 Å². The van der Waals surface area contributed by atoms with Crippen LogP contribution in [0, 0.1) is 6.92 Å². The Morgan fingerprint density at radius 1 is 1.19 bits per heavy atom. The van der Waals surface area contributed by atoms with Crippen LogP contribution in [0.5, 0.6) is 5.75 Å². The van der Waals surface area contributed by atoms with Gasteiger partial charge >= 0.3 is 5.97 Å². The zero-order chi connectivity index (χ0) is 15.2. The molecule has 0 bridgehead atoms. The van der Waals surface area contributed by atoms with Gasteiger partial charge in [0.1, 0.15) is 5.75 Å². The Morgan fingerprint density at radius 3 is 2.62 bits per heavy atom. The van der Waals surface area contributed by atoms with E-state index in [-0.39, 0.29) is 0 Å². The molecule has 0 amide bonds. The minimum atomic E-state index is -0.803. The van der Waals surface area contributed by atoms with Crippen LogP contribution in [-0.4, -0.2) is 17.7 Å². The Morgan fingerprint density at radius 2 is 1.95 bits per heavy atom. The molecule has 1 atom stereocenters. The van der Waals surface area contributed by atoms with Gasteiger partial charge in [-0.05, 0) is 43.5 Å². The van der Waals surface area contributed by atoms with Crippen molar-refractivity contribution in [1.82, 2.24) is 0 Å². The summed E-state index contributed by atoms with van der Waals surface area (Å²) in [6.45, 7) is 4.50. The van der Waals surface area contributed by atoms with E-state index in [9.17, 15) is 9.90 Å². The van der Waals surface area contributed by atoms with E-state index in [1.807, 2.05) is 62.4 Å². The second kappa shape index (κ2) is 6.93. The van der Waals surface area contributed by atoms with Crippen molar-refractivity contribution >= 4 is 5.97 Å². The van der Waals surface area contributed by atoms with Gasteiger partial charge in [-0.3, -0.25) is 4.79 Å². The lowest BCUT2D eigenvalue weighted by atomic mass is 9.91. The molecule has 0 saturated carbocycles. The first-order chi connectivity index (χ1) is 10.1. The summed E-state index contributed by atoms with van der Waals surface area (Å²) in [6.07, 6.45) is 0.458. The van der Waals surface area contributed by atoms with Crippen LogP contribution >= 0.6 is 0 Å². The molecule has 1 unspecified atom stereocenters. The van der Waals surface area contributed by atoms with Gasteiger partial charge in [0, 0.05) is 0 Å². The van der Waals surface area contributed by atoms with E-state index in [0.717, 1.165) is 22.4 Å². The van der Waals surface area contributed by atoms with Crippen LogP contribution in [0.2, 0.25) is 0 Å². The van der Waals surface area contributed by atoms with Crippen LogP contribution in [0.15, 0.2) is 48.5 Å². The van der Waals surface area contributed by atoms with E-state index < -0.39 is 11.9 Å². The van der Waals surface area contributed by atoms with Crippen molar-refractivity contribution in [3.63, 3.8) is 0 Å². The smallest absolute Gasteiger partial charge is 0.311 e. The molecule has 0 aliphatic rings. The van der Waals surface area contributed by atoms with Crippen LogP contribution in [0.25, 0.3) is 0 Å². The van der Waals surface area contributed by atoms with Crippen LogP contribution in [0.4, 0.5) is 0 Å². The molecule has 2 aromatic rings. The maximum atomic E-state index is 11.6. The number of carbonyl (C=O) groups is 1. The predicted molar refractivity (Wildman–Crippen MR) is 82.9 cm³/mol. The van der Waals surface area contributed by atoms with E-state index in [0.29, 0.717) is 13.0 Å². The Labute approximate surface area is 125 Å². The summed E-state index contributed by atoms with van der Waals surface area (Å²) in [5.74, 6) is -0.562. The average Bonchev–Trinajstić information content (AvgIpc) is 2.45. The average molecular weight is 284 g/mol. The van der Waals surface area contributed by atoms with Gasteiger partial charge in [-0.2, -0.15) is 0 Å². The number of aryl methyl sites for hydroxylation is 1. The maximum absolute atomic E-state index is 11.6. The van der Waals surface area contributed by atoms with Gasteiger partial charge in [0.2, 0.25) is 0 Å². The summed E-state index contributed by atoms with van der Waals surface area (Å²) >= 11 is 0. The lowest BCUT2D eigenvalue weighted by Gasteiger charge is -2.14. The van der Waals surface area contributed by atoms with E-state index >= 15 is 0 Å². The van der Waals surface area contributed by atoms with Crippen molar-refractivity contribution in [2.24, 2.45) is 0 Å². The molecular formula is C18H20O3. The van der Waals surface area contributed by atoms with Gasteiger partial charge in [0.15, 0.2) is 0 Å². The summed E-state index contributed by atoms with van der Waals surface area (Å²) in [5, 5.41) is 9.52. The van der Waals surface area contributed by atoms with E-state index in [2.05, 4.69) is 0 Å². The molecule has 3 nitrogen and oxygen atoms in total.